The van der Waals surface area contributed by atoms with E-state index in [-0.39, 0.29) is 5.91 Å². The van der Waals surface area contributed by atoms with Crippen LogP contribution in [-0.2, 0) is 0 Å². The summed E-state index contributed by atoms with van der Waals surface area (Å²) < 4.78 is 5.07. The Morgan fingerprint density at radius 2 is 1.73 bits per heavy atom. The number of aryl methyl sites for hydroxylation is 3. The van der Waals surface area contributed by atoms with Crippen LogP contribution in [0.5, 0.6) is 5.75 Å². The highest BCUT2D eigenvalue weighted by Crippen LogP contribution is 2.17. The Morgan fingerprint density at radius 1 is 1.05 bits per heavy atom. The van der Waals surface area contributed by atoms with Crippen LogP contribution < -0.4 is 10.1 Å². The van der Waals surface area contributed by atoms with Gasteiger partial charge in [-0.15, -0.1) is 0 Å². The van der Waals surface area contributed by atoms with E-state index in [1.54, 1.807) is 19.4 Å². The van der Waals surface area contributed by atoms with Gasteiger partial charge in [-0.25, -0.2) is 9.97 Å². The molecule has 0 aliphatic heterocycles. The highest BCUT2D eigenvalue weighted by Gasteiger charge is 2.13. The maximum atomic E-state index is 12.2. The Hall–Kier alpha value is -2.43. The van der Waals surface area contributed by atoms with Crippen molar-refractivity contribution >= 4 is 11.7 Å². The number of aromatic nitrogens is 2. The van der Waals surface area contributed by atoms with Gasteiger partial charge in [-0.1, -0.05) is 19.9 Å². The van der Waals surface area contributed by atoms with Gasteiger partial charge >= 0.3 is 0 Å². The first-order valence-corrected chi connectivity index (χ1v) is 7.26. The summed E-state index contributed by atoms with van der Waals surface area (Å²) >= 11 is 0. The molecule has 2 rings (SSSR count). The number of rotatable bonds is 3. The minimum Gasteiger partial charge on any atom is -0.495 e. The maximum absolute atomic E-state index is 12.2. The summed E-state index contributed by atoms with van der Waals surface area (Å²) in [5.41, 5.74) is 3.10. The summed E-state index contributed by atoms with van der Waals surface area (Å²) in [7, 11) is 1.57. The highest BCUT2D eigenvalue weighted by molar-refractivity contribution is 6.03. The molecule has 0 aliphatic carbocycles. The molecule has 5 nitrogen and oxygen atoms in total. The van der Waals surface area contributed by atoms with Crippen molar-refractivity contribution in [3.63, 3.8) is 0 Å². The van der Waals surface area contributed by atoms with Crippen molar-refractivity contribution in [1.82, 2.24) is 9.97 Å². The number of nitrogens with zero attached hydrogens (tertiary/aromatic N) is 2. The van der Waals surface area contributed by atoms with E-state index in [0.717, 1.165) is 16.7 Å². The van der Waals surface area contributed by atoms with Crippen LogP contribution in [0.3, 0.4) is 0 Å². The molecule has 0 saturated carbocycles. The molecule has 0 bridgehead atoms. The number of pyridine rings is 2. The van der Waals surface area contributed by atoms with Crippen LogP contribution >= 0.6 is 0 Å². The lowest BCUT2D eigenvalue weighted by atomic mass is 10.2. The Balaban J connectivity index is 0.00000116. The predicted molar refractivity (Wildman–Crippen MR) is 88.5 cm³/mol. The first-order chi connectivity index (χ1) is 10.5. The number of carbonyl (C=O) groups excluding carboxylic acids is 1. The Morgan fingerprint density at radius 3 is 2.27 bits per heavy atom. The molecule has 0 aliphatic rings. The topological polar surface area (TPSA) is 64.1 Å². The quantitative estimate of drug-likeness (QED) is 0.939. The average molecular weight is 301 g/mol. The van der Waals surface area contributed by atoms with Crippen LogP contribution in [0.15, 0.2) is 24.5 Å². The van der Waals surface area contributed by atoms with Gasteiger partial charge < -0.3 is 10.1 Å². The molecule has 22 heavy (non-hydrogen) atoms. The van der Waals surface area contributed by atoms with Crippen LogP contribution in [0.25, 0.3) is 0 Å². The summed E-state index contributed by atoms with van der Waals surface area (Å²) in [6.45, 7) is 9.69. The van der Waals surface area contributed by atoms with E-state index in [4.69, 9.17) is 4.74 Å². The molecule has 0 atom stereocenters. The summed E-state index contributed by atoms with van der Waals surface area (Å²) in [5.74, 6) is 0.908. The van der Waals surface area contributed by atoms with Crippen molar-refractivity contribution in [2.45, 2.75) is 34.6 Å². The smallest absolute Gasteiger partial charge is 0.275 e. The Bertz CT molecular complexity index is 654. The third-order valence-electron chi connectivity index (χ3n) is 2.95. The molecule has 0 saturated heterocycles. The van der Waals surface area contributed by atoms with Crippen molar-refractivity contribution in [2.75, 3.05) is 12.4 Å². The van der Waals surface area contributed by atoms with E-state index < -0.39 is 0 Å². The fourth-order valence-corrected chi connectivity index (χ4v) is 1.91. The lowest BCUT2D eigenvalue weighted by molar-refractivity contribution is 0.102. The Labute approximate surface area is 131 Å². The number of amides is 1. The monoisotopic (exact) mass is 301 g/mol. The van der Waals surface area contributed by atoms with Crippen LogP contribution in [0.4, 0.5) is 5.82 Å². The minimum atomic E-state index is -0.274. The van der Waals surface area contributed by atoms with E-state index in [2.05, 4.69) is 15.3 Å². The molecule has 0 radical (unpaired) electrons. The molecule has 0 aromatic carbocycles. The minimum absolute atomic E-state index is 0.274. The summed E-state index contributed by atoms with van der Waals surface area (Å²) in [6, 6.07) is 3.74. The molecule has 2 heterocycles. The number of anilines is 1. The van der Waals surface area contributed by atoms with Crippen molar-refractivity contribution in [3.8, 4) is 5.75 Å². The van der Waals surface area contributed by atoms with Crippen molar-refractivity contribution < 1.29 is 9.53 Å². The average Bonchev–Trinajstić information content (AvgIpc) is 2.51. The van der Waals surface area contributed by atoms with Crippen LogP contribution in [0.1, 0.15) is 41.0 Å². The van der Waals surface area contributed by atoms with Gasteiger partial charge in [-0.3, -0.25) is 4.79 Å². The SMILES string of the molecule is CC.COc1cnc(C(=O)Nc2ncc(C)cc2C)c(C)c1. The first kappa shape index (κ1) is 17.6. The normalized spacial score (nSPS) is 9.55. The molecule has 0 spiro atoms. The van der Waals surface area contributed by atoms with Crippen LogP contribution in [0, 0.1) is 20.8 Å². The third-order valence-corrected chi connectivity index (χ3v) is 2.95. The van der Waals surface area contributed by atoms with Gasteiger partial charge in [-0.2, -0.15) is 0 Å². The standard InChI is InChI=1S/C15H17N3O2.C2H6/c1-9-5-11(3)14(17-7-9)18-15(19)13-10(2)6-12(20-4)8-16-13;1-2/h5-8H,1-4H3,(H,17,18,19);1-2H3. The third kappa shape index (κ3) is 4.28. The molecule has 2 aromatic rings. The van der Waals surface area contributed by atoms with E-state index in [1.807, 2.05) is 40.7 Å². The van der Waals surface area contributed by atoms with Crippen molar-refractivity contribution in [1.29, 1.82) is 0 Å². The number of hydrogen-bond donors (Lipinski definition) is 1. The zero-order valence-electron chi connectivity index (χ0n) is 14.0. The highest BCUT2D eigenvalue weighted by atomic mass is 16.5. The second-order valence-corrected chi connectivity index (χ2v) is 4.67. The van der Waals surface area contributed by atoms with Gasteiger partial charge in [0.05, 0.1) is 13.3 Å². The number of hydrogen-bond acceptors (Lipinski definition) is 4. The lowest BCUT2D eigenvalue weighted by Gasteiger charge is -2.09. The van der Waals surface area contributed by atoms with Gasteiger partial charge in [0.2, 0.25) is 0 Å². The molecule has 2 aromatic heterocycles. The van der Waals surface area contributed by atoms with Gasteiger partial charge in [0.1, 0.15) is 17.3 Å². The second kappa shape index (κ2) is 8.12. The summed E-state index contributed by atoms with van der Waals surface area (Å²) in [5, 5.41) is 2.78. The fraction of sp³-hybridized carbons (Fsp3) is 0.353. The van der Waals surface area contributed by atoms with Crippen molar-refractivity contribution in [3.05, 3.63) is 46.9 Å². The van der Waals surface area contributed by atoms with E-state index >= 15 is 0 Å². The molecule has 118 valence electrons. The molecular weight excluding hydrogens is 278 g/mol. The lowest BCUT2D eigenvalue weighted by Crippen LogP contribution is -2.17. The van der Waals surface area contributed by atoms with E-state index in [1.165, 1.54) is 6.20 Å². The largest absolute Gasteiger partial charge is 0.495 e. The summed E-state index contributed by atoms with van der Waals surface area (Å²) in [4.78, 5) is 20.6. The number of carbonyl (C=O) groups is 1. The fourth-order valence-electron chi connectivity index (χ4n) is 1.91. The van der Waals surface area contributed by atoms with E-state index in [0.29, 0.717) is 17.3 Å². The first-order valence-electron chi connectivity index (χ1n) is 7.26. The summed E-state index contributed by atoms with van der Waals surface area (Å²) in [6.07, 6.45) is 3.24. The van der Waals surface area contributed by atoms with Gasteiger partial charge in [0.25, 0.3) is 5.91 Å². The molecule has 1 N–H and O–H groups in total. The number of methoxy groups -OCH3 is 1. The number of nitrogens with one attached hydrogen (secondary N) is 1. The zero-order valence-corrected chi connectivity index (χ0v) is 14.0. The molecule has 1 amide bonds. The Kier molecular flexibility index (Phi) is 6.50. The van der Waals surface area contributed by atoms with Gasteiger partial charge in [-0.05, 0) is 43.5 Å². The number of ether oxygens (including phenoxy) is 1. The zero-order chi connectivity index (χ0) is 16.7. The molecule has 0 fully saturated rings. The second-order valence-electron chi connectivity index (χ2n) is 4.67. The van der Waals surface area contributed by atoms with Crippen molar-refractivity contribution in [2.24, 2.45) is 0 Å². The van der Waals surface area contributed by atoms with Gasteiger partial charge in [0, 0.05) is 6.20 Å². The molecule has 0 unspecified atom stereocenters. The molecular formula is C17H23N3O2. The van der Waals surface area contributed by atoms with Crippen LogP contribution in [0.2, 0.25) is 0 Å². The maximum Gasteiger partial charge on any atom is 0.275 e. The van der Waals surface area contributed by atoms with Gasteiger partial charge in [0.15, 0.2) is 0 Å². The molecule has 5 heteroatoms. The van der Waals surface area contributed by atoms with E-state index in [9.17, 15) is 4.79 Å². The van der Waals surface area contributed by atoms with Crippen LogP contribution in [-0.4, -0.2) is 23.0 Å². The predicted octanol–water partition coefficient (Wildman–Crippen LogP) is 3.69.